The van der Waals surface area contributed by atoms with Gasteiger partial charge in [-0.3, -0.25) is 0 Å². The van der Waals surface area contributed by atoms with Gasteiger partial charge >= 0.3 is 0 Å². The molecule has 1 fully saturated rings. The van der Waals surface area contributed by atoms with Crippen molar-refractivity contribution in [2.45, 2.75) is 45.3 Å². The van der Waals surface area contributed by atoms with Crippen LogP contribution in [0.15, 0.2) is 11.6 Å². The molecule has 1 aliphatic rings. The van der Waals surface area contributed by atoms with Crippen molar-refractivity contribution in [2.75, 3.05) is 13.7 Å². The molecule has 0 aliphatic carbocycles. The zero-order chi connectivity index (χ0) is 9.90. The van der Waals surface area contributed by atoms with Crippen LogP contribution in [0.3, 0.4) is 0 Å². The Bertz CT molecular complexity index is 194. The third-order valence-electron chi connectivity index (χ3n) is 2.55. The van der Waals surface area contributed by atoms with Gasteiger partial charge in [0.15, 0.2) is 0 Å². The zero-order valence-electron chi connectivity index (χ0n) is 9.09. The van der Waals surface area contributed by atoms with Gasteiger partial charge in [0, 0.05) is 7.11 Å². The van der Waals surface area contributed by atoms with Crippen molar-refractivity contribution in [1.29, 1.82) is 0 Å². The largest absolute Gasteiger partial charge is 0.382 e. The molecule has 0 aromatic carbocycles. The molecule has 0 saturated carbocycles. The van der Waals surface area contributed by atoms with Gasteiger partial charge in [-0.05, 0) is 33.6 Å². The van der Waals surface area contributed by atoms with Crippen LogP contribution in [0.2, 0.25) is 0 Å². The molecule has 2 unspecified atom stereocenters. The highest BCUT2D eigenvalue weighted by Crippen LogP contribution is 2.40. The summed E-state index contributed by atoms with van der Waals surface area (Å²) in [6, 6.07) is 0. The normalized spacial score (nSPS) is 31.5. The monoisotopic (exact) mass is 184 g/mol. The summed E-state index contributed by atoms with van der Waals surface area (Å²) in [6.07, 6.45) is 4.80. The quantitative estimate of drug-likeness (QED) is 0.484. The van der Waals surface area contributed by atoms with E-state index in [-0.39, 0.29) is 5.60 Å². The molecule has 76 valence electrons. The standard InChI is InChI=1S/C11H20O2/c1-9(2)6-5-7-11(3)10(13-11)8-12-4/h6,10H,5,7-8H2,1-4H3. The lowest BCUT2D eigenvalue weighted by atomic mass is 10.0. The fourth-order valence-electron chi connectivity index (χ4n) is 1.52. The van der Waals surface area contributed by atoms with Crippen LogP contribution < -0.4 is 0 Å². The Morgan fingerprint density at radius 1 is 1.54 bits per heavy atom. The van der Waals surface area contributed by atoms with Crippen LogP contribution in [0, 0.1) is 0 Å². The van der Waals surface area contributed by atoms with Gasteiger partial charge in [0.05, 0.1) is 12.2 Å². The second-order valence-corrected chi connectivity index (χ2v) is 4.19. The average Bonchev–Trinajstić information content (AvgIpc) is 2.62. The van der Waals surface area contributed by atoms with Crippen LogP contribution in [0.25, 0.3) is 0 Å². The summed E-state index contributed by atoms with van der Waals surface area (Å²) in [7, 11) is 1.72. The molecule has 2 heteroatoms. The number of ether oxygens (including phenoxy) is 2. The molecule has 0 bridgehead atoms. The Kier molecular flexibility index (Phi) is 3.51. The number of hydrogen-bond donors (Lipinski definition) is 0. The third-order valence-corrected chi connectivity index (χ3v) is 2.55. The fourth-order valence-corrected chi connectivity index (χ4v) is 1.52. The predicted octanol–water partition coefficient (Wildman–Crippen LogP) is 2.54. The Morgan fingerprint density at radius 3 is 2.77 bits per heavy atom. The number of methoxy groups -OCH3 is 1. The first kappa shape index (κ1) is 10.7. The van der Waals surface area contributed by atoms with Crippen LogP contribution in [-0.4, -0.2) is 25.4 Å². The summed E-state index contributed by atoms with van der Waals surface area (Å²) < 4.78 is 10.6. The van der Waals surface area contributed by atoms with E-state index in [1.54, 1.807) is 7.11 Å². The molecule has 0 aromatic rings. The minimum Gasteiger partial charge on any atom is -0.382 e. The Labute approximate surface area is 80.9 Å². The SMILES string of the molecule is COCC1OC1(C)CCC=C(C)C. The predicted molar refractivity (Wildman–Crippen MR) is 53.8 cm³/mol. The Morgan fingerprint density at radius 2 is 2.23 bits per heavy atom. The van der Waals surface area contributed by atoms with Crippen molar-refractivity contribution in [1.82, 2.24) is 0 Å². The van der Waals surface area contributed by atoms with Crippen LogP contribution in [-0.2, 0) is 9.47 Å². The van der Waals surface area contributed by atoms with Crippen molar-refractivity contribution in [2.24, 2.45) is 0 Å². The molecule has 1 heterocycles. The molecule has 2 atom stereocenters. The topological polar surface area (TPSA) is 21.8 Å². The van der Waals surface area contributed by atoms with Gasteiger partial charge in [0.25, 0.3) is 0 Å². The molecular formula is C11H20O2. The summed E-state index contributed by atoms with van der Waals surface area (Å²) in [5.74, 6) is 0. The van der Waals surface area contributed by atoms with Crippen molar-refractivity contribution >= 4 is 0 Å². The van der Waals surface area contributed by atoms with Crippen LogP contribution in [0.4, 0.5) is 0 Å². The first-order valence-electron chi connectivity index (χ1n) is 4.88. The van der Waals surface area contributed by atoms with E-state index >= 15 is 0 Å². The second-order valence-electron chi connectivity index (χ2n) is 4.19. The van der Waals surface area contributed by atoms with Crippen molar-refractivity contribution < 1.29 is 9.47 Å². The van der Waals surface area contributed by atoms with Crippen molar-refractivity contribution in [3.63, 3.8) is 0 Å². The summed E-state index contributed by atoms with van der Waals surface area (Å²) >= 11 is 0. The molecule has 0 aromatic heterocycles. The van der Waals surface area contributed by atoms with Gasteiger partial charge in [-0.15, -0.1) is 0 Å². The lowest BCUT2D eigenvalue weighted by molar-refractivity contribution is 0.170. The van der Waals surface area contributed by atoms with Crippen LogP contribution in [0.5, 0.6) is 0 Å². The van der Waals surface area contributed by atoms with E-state index < -0.39 is 0 Å². The first-order valence-corrected chi connectivity index (χ1v) is 4.88. The Balaban J connectivity index is 2.20. The molecule has 0 N–H and O–H groups in total. The van der Waals surface area contributed by atoms with Gasteiger partial charge in [0.1, 0.15) is 6.10 Å². The Hall–Kier alpha value is -0.340. The number of rotatable bonds is 5. The smallest absolute Gasteiger partial charge is 0.110 e. The average molecular weight is 184 g/mol. The highest BCUT2D eigenvalue weighted by atomic mass is 16.6. The van der Waals surface area contributed by atoms with E-state index in [4.69, 9.17) is 9.47 Å². The number of hydrogen-bond acceptors (Lipinski definition) is 2. The summed E-state index contributed by atoms with van der Waals surface area (Å²) in [5, 5.41) is 0. The lowest BCUT2D eigenvalue weighted by Crippen LogP contribution is -2.13. The molecule has 13 heavy (non-hydrogen) atoms. The van der Waals surface area contributed by atoms with E-state index in [2.05, 4.69) is 26.8 Å². The second kappa shape index (κ2) is 4.25. The van der Waals surface area contributed by atoms with Gasteiger partial charge in [0.2, 0.25) is 0 Å². The lowest BCUT2D eigenvalue weighted by Gasteiger charge is -2.03. The van der Waals surface area contributed by atoms with Crippen molar-refractivity contribution in [3.8, 4) is 0 Å². The number of allylic oxidation sites excluding steroid dienone is 2. The first-order chi connectivity index (χ1) is 6.08. The van der Waals surface area contributed by atoms with Gasteiger partial charge in [-0.2, -0.15) is 0 Å². The maximum absolute atomic E-state index is 5.57. The molecule has 0 radical (unpaired) electrons. The molecule has 2 nitrogen and oxygen atoms in total. The summed E-state index contributed by atoms with van der Waals surface area (Å²) in [5.41, 5.74) is 1.47. The molecule has 1 saturated heterocycles. The number of epoxide rings is 1. The van der Waals surface area contributed by atoms with E-state index in [0.29, 0.717) is 6.10 Å². The van der Waals surface area contributed by atoms with E-state index in [0.717, 1.165) is 19.4 Å². The molecular weight excluding hydrogens is 164 g/mol. The highest BCUT2D eigenvalue weighted by Gasteiger charge is 2.51. The maximum Gasteiger partial charge on any atom is 0.110 e. The highest BCUT2D eigenvalue weighted by molar-refractivity contribution is 5.02. The minimum absolute atomic E-state index is 0.0853. The minimum atomic E-state index is 0.0853. The van der Waals surface area contributed by atoms with Gasteiger partial charge < -0.3 is 9.47 Å². The molecule has 0 amide bonds. The maximum atomic E-state index is 5.57. The van der Waals surface area contributed by atoms with Gasteiger partial charge in [-0.25, -0.2) is 0 Å². The third kappa shape index (κ3) is 3.12. The summed E-state index contributed by atoms with van der Waals surface area (Å²) in [4.78, 5) is 0. The molecule has 1 rings (SSSR count). The van der Waals surface area contributed by atoms with E-state index in [9.17, 15) is 0 Å². The molecule has 1 aliphatic heterocycles. The fraction of sp³-hybridized carbons (Fsp3) is 0.818. The zero-order valence-corrected chi connectivity index (χ0v) is 9.09. The van der Waals surface area contributed by atoms with Crippen LogP contribution >= 0.6 is 0 Å². The summed E-state index contributed by atoms with van der Waals surface area (Å²) in [6.45, 7) is 7.15. The van der Waals surface area contributed by atoms with Gasteiger partial charge in [-0.1, -0.05) is 11.6 Å². The van der Waals surface area contributed by atoms with Crippen LogP contribution in [0.1, 0.15) is 33.6 Å². The molecule has 0 spiro atoms. The van der Waals surface area contributed by atoms with Crippen molar-refractivity contribution in [3.05, 3.63) is 11.6 Å². The van der Waals surface area contributed by atoms with E-state index in [1.807, 2.05) is 0 Å². The van der Waals surface area contributed by atoms with E-state index in [1.165, 1.54) is 5.57 Å².